The number of thiocarbonyl (C=S) groups is 1. The van der Waals surface area contributed by atoms with Crippen LogP contribution in [0.2, 0.25) is 0 Å². The van der Waals surface area contributed by atoms with Gasteiger partial charge >= 0.3 is 75.5 Å². The Bertz CT molecular complexity index is 87.8. The van der Waals surface area contributed by atoms with Crippen molar-refractivity contribution < 1.29 is 5.09 Å². The summed E-state index contributed by atoms with van der Waals surface area (Å²) in [5.74, 6) is 0. The molecule has 0 spiro atoms. The molecule has 0 radical (unpaired) electrons. The normalized spacial score (nSPS) is 3.56. The van der Waals surface area contributed by atoms with Crippen molar-refractivity contribution in [1.29, 1.82) is 0 Å². The van der Waals surface area contributed by atoms with Crippen LogP contribution in [0.1, 0.15) is 0 Å². The Labute approximate surface area is 116 Å². The van der Waals surface area contributed by atoms with E-state index in [0.29, 0.717) is 0 Å². The van der Waals surface area contributed by atoms with E-state index in [1.54, 1.807) is 0 Å². The first-order valence-electron chi connectivity index (χ1n) is 0.975. The van der Waals surface area contributed by atoms with Crippen LogP contribution in [-0.2, 0) is 0 Å². The van der Waals surface area contributed by atoms with Crippen molar-refractivity contribution >= 4 is 92.9 Å². The molecule has 0 aliphatic heterocycles. The summed E-state index contributed by atoms with van der Waals surface area (Å²) in [5, 5.41) is 23.2. The Hall–Kier alpha value is 1.52. The van der Waals surface area contributed by atoms with E-state index in [4.69, 9.17) is 20.7 Å². The Kier molecular flexibility index (Phi) is 56.5. The second-order valence-corrected chi connectivity index (χ2v) is 0.497. The summed E-state index contributed by atoms with van der Waals surface area (Å²) in [6.07, 6.45) is 0. The molecule has 0 saturated heterocycles. The fourth-order valence-electron chi connectivity index (χ4n) is 0. The second-order valence-electron chi connectivity index (χ2n) is 0.315. The van der Waals surface area contributed by atoms with Crippen LogP contribution in [0.3, 0.4) is 0 Å². The number of rotatable bonds is 0. The fraction of sp³-hybridized carbons (Fsp3) is 0. The van der Waals surface area contributed by atoms with Crippen molar-refractivity contribution in [1.82, 2.24) is 0 Å². The topological polar surface area (TPSA) is 88.5 Å². The van der Waals surface area contributed by atoms with Crippen LogP contribution in [0.5, 0.6) is 0 Å². The molecule has 0 rings (SSSR count). The molecule has 0 unspecified atom stereocenters. The molecule has 0 aliphatic carbocycles. The van der Waals surface area contributed by atoms with E-state index in [2.05, 4.69) is 12.2 Å². The summed E-state index contributed by atoms with van der Waals surface area (Å²) in [4.78, 5) is 8.25. The number of hydrogen-bond donors (Lipinski definition) is 0. The Morgan fingerprint density at radius 2 is 1.44 bits per heavy atom. The SMILES string of the molecule is O=[N+]([O-])[O-].[Ca+2].[Ca+2].[N-]=C=S. The van der Waals surface area contributed by atoms with Gasteiger partial charge in [0.25, 0.3) is 0 Å². The molecule has 0 heterocycles. The molecule has 0 aromatic heterocycles. The molecule has 0 aromatic rings. The van der Waals surface area contributed by atoms with Gasteiger partial charge in [0.15, 0.2) is 0 Å². The molecular formula is CCa2N2O3S+2. The fourth-order valence-corrected chi connectivity index (χ4v) is 0. The molecule has 0 aliphatic rings. The first kappa shape index (κ1) is 22.4. The van der Waals surface area contributed by atoms with Gasteiger partial charge in [0.05, 0.1) is 5.09 Å². The maximum atomic E-state index is 8.25. The van der Waals surface area contributed by atoms with Crippen LogP contribution in [0, 0.1) is 15.3 Å². The molecule has 5 nitrogen and oxygen atoms in total. The summed E-state index contributed by atoms with van der Waals surface area (Å²) in [7, 11) is 0. The van der Waals surface area contributed by atoms with Crippen LogP contribution >= 0.6 is 12.2 Å². The molecule has 0 atom stereocenters. The molecule has 0 N–H and O–H groups in total. The maximum Gasteiger partial charge on any atom is 2.00 e. The van der Waals surface area contributed by atoms with E-state index >= 15 is 0 Å². The quantitative estimate of drug-likeness (QED) is 0.176. The smallest absolute Gasteiger partial charge is 0.753 e. The molecule has 40 valence electrons. The second kappa shape index (κ2) is 22.7. The van der Waals surface area contributed by atoms with Crippen LogP contribution in [-0.4, -0.2) is 85.7 Å². The Morgan fingerprint density at radius 1 is 1.44 bits per heavy atom. The van der Waals surface area contributed by atoms with Crippen LogP contribution in [0.15, 0.2) is 0 Å². The van der Waals surface area contributed by atoms with E-state index < -0.39 is 5.09 Å². The van der Waals surface area contributed by atoms with Crippen LogP contribution in [0.25, 0.3) is 5.41 Å². The monoisotopic (exact) mass is 200 g/mol. The number of isothiocyanates is 1. The molecule has 0 aromatic carbocycles. The van der Waals surface area contributed by atoms with Gasteiger partial charge in [-0.05, 0) is 0 Å². The van der Waals surface area contributed by atoms with Gasteiger partial charge in [-0.2, -0.15) is 5.16 Å². The first-order chi connectivity index (χ1) is 3.15. The zero-order chi connectivity index (χ0) is 6.28. The standard InChI is InChI=1S/CNS.2Ca.NO3/c2-1-3;;;2-1(3)4/q-1;2*+2;-1. The van der Waals surface area contributed by atoms with E-state index in [1.165, 1.54) is 5.16 Å². The molecule has 9 heavy (non-hydrogen) atoms. The Balaban J connectivity index is -0.0000000233. The third-order valence-corrected chi connectivity index (χ3v) is 0. The van der Waals surface area contributed by atoms with Gasteiger partial charge in [0.2, 0.25) is 0 Å². The molecule has 0 saturated carbocycles. The van der Waals surface area contributed by atoms with E-state index in [9.17, 15) is 0 Å². The predicted octanol–water partition coefficient (Wildman–Crippen LogP) is -0.342. The maximum absolute atomic E-state index is 8.25. The summed E-state index contributed by atoms with van der Waals surface area (Å²) in [6, 6.07) is 0. The summed E-state index contributed by atoms with van der Waals surface area (Å²) in [6.45, 7) is 0. The van der Waals surface area contributed by atoms with Gasteiger partial charge in [0.1, 0.15) is 0 Å². The van der Waals surface area contributed by atoms with Gasteiger partial charge in [-0.3, -0.25) is 0 Å². The summed E-state index contributed by atoms with van der Waals surface area (Å²) < 4.78 is 0. The Morgan fingerprint density at radius 3 is 1.44 bits per heavy atom. The van der Waals surface area contributed by atoms with Crippen LogP contribution < -0.4 is 0 Å². The molecule has 0 bridgehead atoms. The average molecular weight is 200 g/mol. The van der Waals surface area contributed by atoms with Crippen molar-refractivity contribution in [2.24, 2.45) is 0 Å². The minimum absolute atomic E-state index is 0. The molecule has 0 fully saturated rings. The third kappa shape index (κ3) is 233. The van der Waals surface area contributed by atoms with Gasteiger partial charge in [-0.1, -0.05) is 12.2 Å². The largest absolute Gasteiger partial charge is 2.00 e. The van der Waals surface area contributed by atoms with Crippen LogP contribution in [0.4, 0.5) is 0 Å². The first-order valence-corrected chi connectivity index (χ1v) is 1.38. The molecular weight excluding hydrogens is 200 g/mol. The van der Waals surface area contributed by atoms with Crippen molar-refractivity contribution in [2.45, 2.75) is 0 Å². The van der Waals surface area contributed by atoms with Gasteiger partial charge in [-0.15, -0.1) is 0 Å². The zero-order valence-electron chi connectivity index (χ0n) is 4.44. The molecule has 8 heteroatoms. The van der Waals surface area contributed by atoms with E-state index in [-0.39, 0.29) is 75.5 Å². The van der Waals surface area contributed by atoms with Gasteiger partial charge in [0, 0.05) is 0 Å². The van der Waals surface area contributed by atoms with Crippen molar-refractivity contribution in [2.75, 3.05) is 0 Å². The van der Waals surface area contributed by atoms with E-state index in [1.807, 2.05) is 0 Å². The zero-order valence-corrected chi connectivity index (χ0v) is 9.67. The van der Waals surface area contributed by atoms with E-state index in [0.717, 1.165) is 0 Å². The average Bonchev–Trinajstić information content (AvgIpc) is 1.33. The minimum Gasteiger partial charge on any atom is -0.753 e. The minimum atomic E-state index is -1.75. The number of nitrogens with zero attached hydrogens (tertiary/aromatic N) is 2. The summed E-state index contributed by atoms with van der Waals surface area (Å²) in [5.41, 5.74) is 0. The third-order valence-electron chi connectivity index (χ3n) is 0. The summed E-state index contributed by atoms with van der Waals surface area (Å²) >= 11 is 3.70. The predicted molar refractivity (Wildman–Crippen MR) is 37.8 cm³/mol. The van der Waals surface area contributed by atoms with Crippen molar-refractivity contribution in [3.63, 3.8) is 0 Å². The van der Waals surface area contributed by atoms with Crippen molar-refractivity contribution in [3.05, 3.63) is 20.7 Å². The molecule has 0 amide bonds. The van der Waals surface area contributed by atoms with Gasteiger partial charge < -0.3 is 20.7 Å². The van der Waals surface area contributed by atoms with Gasteiger partial charge in [-0.25, -0.2) is 0 Å². The number of hydrogen-bond acceptors (Lipinski definition) is 4. The van der Waals surface area contributed by atoms with Crippen molar-refractivity contribution in [3.8, 4) is 0 Å².